The lowest BCUT2D eigenvalue weighted by molar-refractivity contribution is -0.142. The quantitative estimate of drug-likeness (QED) is 0.0235. The Morgan fingerprint density at radius 2 is 0.885 bits per heavy atom. The van der Waals surface area contributed by atoms with E-state index >= 15 is 0 Å². The van der Waals surface area contributed by atoms with Gasteiger partial charge < -0.3 is 77.6 Å². The smallest absolute Gasteiger partial charge is 0.326 e. The molecule has 0 aromatic rings. The van der Waals surface area contributed by atoms with Crippen molar-refractivity contribution in [2.75, 3.05) is 32.7 Å². The Kier molecular flexibility index (Phi) is 20.9. The zero-order valence-corrected chi connectivity index (χ0v) is 29.4. The summed E-state index contributed by atoms with van der Waals surface area (Å²) in [6.07, 6.45) is 2.56. The molecule has 1 aliphatic rings. The molecule has 1 rings (SSSR count). The predicted octanol–water partition coefficient (Wildman–Crippen LogP) is -6.02. The van der Waals surface area contributed by atoms with Gasteiger partial charge in [-0.3, -0.25) is 39.1 Å². The van der Waals surface area contributed by atoms with Crippen molar-refractivity contribution < 1.29 is 29.1 Å². The van der Waals surface area contributed by atoms with Crippen molar-refractivity contribution in [1.82, 2.24) is 26.6 Å². The number of rotatable bonds is 25. The fourth-order valence-electron chi connectivity index (χ4n) is 5.08. The molecule has 52 heavy (non-hydrogen) atoms. The number of carboxylic acid groups (broad SMARTS) is 1. The maximum Gasteiger partial charge on any atom is 0.326 e. The van der Waals surface area contributed by atoms with Gasteiger partial charge in [0.1, 0.15) is 24.2 Å². The summed E-state index contributed by atoms with van der Waals surface area (Å²) in [5, 5.41) is 23.3. The summed E-state index contributed by atoms with van der Waals surface area (Å²) in [5.41, 5.74) is 43.1. The summed E-state index contributed by atoms with van der Waals surface area (Å²) in [7, 11) is 0. The minimum atomic E-state index is -1.33. The minimum Gasteiger partial charge on any atom is -0.480 e. The van der Waals surface area contributed by atoms with Crippen LogP contribution in [0.3, 0.4) is 0 Å². The van der Waals surface area contributed by atoms with Gasteiger partial charge in [0.2, 0.25) is 23.6 Å². The highest BCUT2D eigenvalue weighted by atomic mass is 16.4. The average molecular weight is 740 g/mol. The number of nitrogens with zero attached hydrogens (tertiary/aromatic N) is 4. The minimum absolute atomic E-state index is 0.00121. The molecule has 0 radical (unpaired) electrons. The molecule has 23 nitrogen and oxygen atoms in total. The predicted molar refractivity (Wildman–Crippen MR) is 196 cm³/mol. The molecule has 0 bridgehead atoms. The van der Waals surface area contributed by atoms with Gasteiger partial charge in [0.25, 0.3) is 0 Å². The van der Waals surface area contributed by atoms with Gasteiger partial charge in [0, 0.05) is 26.2 Å². The van der Waals surface area contributed by atoms with Crippen LogP contribution in [0, 0.1) is 0 Å². The second-order valence-electron chi connectivity index (χ2n) is 12.0. The summed E-state index contributed by atoms with van der Waals surface area (Å²) >= 11 is 0. The summed E-state index contributed by atoms with van der Waals surface area (Å²) in [4.78, 5) is 81.4. The number of carbonyl (C=O) groups is 5. The van der Waals surface area contributed by atoms with Crippen molar-refractivity contribution in [3.63, 3.8) is 0 Å². The van der Waals surface area contributed by atoms with E-state index in [2.05, 4.69) is 46.6 Å². The largest absolute Gasteiger partial charge is 0.480 e. The van der Waals surface area contributed by atoms with E-state index in [1.165, 1.54) is 0 Å². The van der Waals surface area contributed by atoms with Crippen molar-refractivity contribution in [3.8, 4) is 0 Å². The molecule has 0 aliphatic carbocycles. The van der Waals surface area contributed by atoms with Gasteiger partial charge in [-0.05, 0) is 70.8 Å². The zero-order valence-electron chi connectivity index (χ0n) is 29.4. The van der Waals surface area contributed by atoms with E-state index in [1.807, 2.05) is 0 Å². The Morgan fingerprint density at radius 1 is 0.558 bits per heavy atom. The lowest BCUT2D eigenvalue weighted by Crippen LogP contribution is -2.58. The number of hydrogen-bond acceptors (Lipinski definition) is 10. The molecule has 0 spiro atoms. The summed E-state index contributed by atoms with van der Waals surface area (Å²) in [6.45, 7) is 1.21. The van der Waals surface area contributed by atoms with E-state index in [9.17, 15) is 29.1 Å². The Hall–Kier alpha value is -5.61. The number of carboxylic acids is 1. The summed E-state index contributed by atoms with van der Waals surface area (Å²) < 4.78 is 0. The van der Waals surface area contributed by atoms with Crippen LogP contribution in [0.15, 0.2) is 20.0 Å². The third kappa shape index (κ3) is 19.5. The number of aliphatic carboxylic acids is 1. The second-order valence-corrected chi connectivity index (χ2v) is 12.0. The number of hydrogen-bond donors (Lipinski definition) is 14. The van der Waals surface area contributed by atoms with Crippen LogP contribution in [-0.4, -0.2) is 121 Å². The van der Waals surface area contributed by atoms with Crippen molar-refractivity contribution in [2.45, 2.75) is 94.4 Å². The van der Waals surface area contributed by atoms with Gasteiger partial charge in [-0.25, -0.2) is 4.79 Å². The molecule has 1 aliphatic heterocycles. The van der Waals surface area contributed by atoms with Crippen LogP contribution in [0.2, 0.25) is 0 Å². The first-order valence-corrected chi connectivity index (χ1v) is 17.0. The Balaban J connectivity index is 3.26. The summed E-state index contributed by atoms with van der Waals surface area (Å²) in [5.74, 6) is -4.55. The van der Waals surface area contributed by atoms with Gasteiger partial charge in [-0.2, -0.15) is 0 Å². The third-order valence-corrected chi connectivity index (χ3v) is 7.67. The first kappa shape index (κ1) is 44.4. The zero-order chi connectivity index (χ0) is 39.1. The standard InChI is InChI=1S/C29H57N17O6/c30-26(31)39-12-2-7-17(43-21(47)16-6-1-11-38-16)22(48)44-18(8-3-13-40-27(32)33)23(49)45-19(9-4-14-41-28(34)35)24(50)46-20(25(51)52)10-5-15-42-29(36)37/h16-20,38H,1-15H2,(H,43,47)(H,44,48)(H,45,49)(H,46,50)(H,51,52)(H4,30,31,39)(H4,32,33,40)(H4,34,35,41)(H4,36,37,42). The van der Waals surface area contributed by atoms with E-state index < -0.39 is 53.9 Å². The Labute approximate surface area is 302 Å². The number of carbonyl (C=O) groups excluding carboxylic acids is 4. The molecule has 1 fully saturated rings. The molecular weight excluding hydrogens is 682 g/mol. The van der Waals surface area contributed by atoms with E-state index in [0.29, 0.717) is 19.4 Å². The lowest BCUT2D eigenvalue weighted by Gasteiger charge is -2.26. The van der Waals surface area contributed by atoms with Crippen molar-refractivity contribution >= 4 is 53.4 Å². The number of aliphatic imine (C=N–C) groups is 4. The van der Waals surface area contributed by atoms with Gasteiger partial charge in [0.05, 0.1) is 6.04 Å². The fourth-order valence-corrected chi connectivity index (χ4v) is 5.08. The number of nitrogens with two attached hydrogens (primary N) is 8. The molecule has 0 aromatic carbocycles. The molecule has 1 saturated heterocycles. The molecule has 23 heteroatoms. The maximum atomic E-state index is 13.8. The highest BCUT2D eigenvalue weighted by Gasteiger charge is 2.32. The SMILES string of the molecule is NC(N)=NCCCC(NC(=O)C(CCCN=C(N)N)NC(=O)C(CCCN=C(N)N)NC(=O)C(CCCN=C(N)N)NC(=O)C1CCCN1)C(=O)O. The average Bonchev–Trinajstić information content (AvgIpc) is 3.61. The van der Waals surface area contributed by atoms with Gasteiger partial charge in [-0.1, -0.05) is 0 Å². The first-order chi connectivity index (χ1) is 24.6. The molecule has 4 amide bonds. The Morgan fingerprint density at radius 3 is 1.19 bits per heavy atom. The van der Waals surface area contributed by atoms with Gasteiger partial charge >= 0.3 is 5.97 Å². The van der Waals surface area contributed by atoms with E-state index in [0.717, 1.165) is 6.42 Å². The van der Waals surface area contributed by atoms with Crippen molar-refractivity contribution in [3.05, 3.63) is 0 Å². The molecule has 0 saturated carbocycles. The molecule has 294 valence electrons. The molecular formula is C29H57N17O6. The molecule has 22 N–H and O–H groups in total. The molecule has 5 atom stereocenters. The van der Waals surface area contributed by atoms with E-state index in [4.69, 9.17) is 45.9 Å². The van der Waals surface area contributed by atoms with Gasteiger partial charge in [-0.15, -0.1) is 0 Å². The van der Waals surface area contributed by atoms with Crippen LogP contribution in [0.25, 0.3) is 0 Å². The maximum absolute atomic E-state index is 13.8. The first-order valence-electron chi connectivity index (χ1n) is 17.0. The normalized spacial score (nSPS) is 15.7. The Bertz CT molecular complexity index is 1280. The summed E-state index contributed by atoms with van der Waals surface area (Å²) in [6, 6.07) is -5.36. The number of guanidine groups is 4. The highest BCUT2D eigenvalue weighted by molar-refractivity contribution is 5.95. The van der Waals surface area contributed by atoms with Crippen molar-refractivity contribution in [2.24, 2.45) is 65.8 Å². The molecule has 5 unspecified atom stereocenters. The topological polar surface area (TPSA) is 423 Å². The van der Waals surface area contributed by atoms with Crippen LogP contribution in [0.1, 0.15) is 64.2 Å². The lowest BCUT2D eigenvalue weighted by atomic mass is 10.0. The van der Waals surface area contributed by atoms with Crippen LogP contribution < -0.4 is 72.5 Å². The van der Waals surface area contributed by atoms with Crippen LogP contribution in [0.4, 0.5) is 0 Å². The monoisotopic (exact) mass is 739 g/mol. The van der Waals surface area contributed by atoms with Crippen LogP contribution in [-0.2, 0) is 24.0 Å². The second kappa shape index (κ2) is 24.5. The van der Waals surface area contributed by atoms with E-state index in [-0.39, 0.29) is 101 Å². The van der Waals surface area contributed by atoms with Crippen LogP contribution in [0.5, 0.6) is 0 Å². The fraction of sp³-hybridized carbons (Fsp3) is 0.690. The van der Waals surface area contributed by atoms with Gasteiger partial charge in [0.15, 0.2) is 23.8 Å². The number of nitrogens with one attached hydrogen (secondary N) is 5. The van der Waals surface area contributed by atoms with Crippen LogP contribution >= 0.6 is 0 Å². The van der Waals surface area contributed by atoms with E-state index in [1.54, 1.807) is 0 Å². The number of amides is 4. The molecule has 0 aromatic heterocycles. The third-order valence-electron chi connectivity index (χ3n) is 7.67. The van der Waals surface area contributed by atoms with Crippen molar-refractivity contribution in [1.29, 1.82) is 0 Å². The molecule has 1 heterocycles. The highest BCUT2D eigenvalue weighted by Crippen LogP contribution is 2.09.